The van der Waals surface area contributed by atoms with Crippen molar-refractivity contribution in [2.24, 2.45) is 5.92 Å². The van der Waals surface area contributed by atoms with Crippen LogP contribution in [0.5, 0.6) is 5.75 Å². The highest BCUT2D eigenvalue weighted by atomic mass is 35.5. The number of ether oxygens (including phenoxy) is 1. The fraction of sp³-hybridized carbons (Fsp3) is 0.571. The Balaban J connectivity index is 1.67. The molecule has 0 aliphatic carbocycles. The standard InChI is InChI=1S/C14H16Cl2NO7P/c1-8-13(23-9(2)14(8,15)16)7-22-25(20)21-6-10-5-11(17(18)19)3-4-12(10)24-25/h3-5,8-9,13H,6-7H2,1-2H3/t8-,9+,13-,25?/m1/s1. The maximum absolute atomic E-state index is 12.6. The molecular weight excluding hydrogens is 396 g/mol. The molecular formula is C14H16Cl2NO7P. The molecule has 8 nitrogen and oxygen atoms in total. The first-order valence-electron chi connectivity index (χ1n) is 7.52. The van der Waals surface area contributed by atoms with Gasteiger partial charge in [-0.05, 0) is 13.0 Å². The van der Waals surface area contributed by atoms with Crippen LogP contribution >= 0.6 is 31.0 Å². The molecule has 2 aliphatic heterocycles. The number of halogens is 2. The van der Waals surface area contributed by atoms with Crippen LogP contribution in [-0.4, -0.2) is 28.1 Å². The molecule has 1 unspecified atom stereocenters. The first-order valence-corrected chi connectivity index (χ1v) is 9.73. The Morgan fingerprint density at radius 1 is 1.44 bits per heavy atom. The van der Waals surface area contributed by atoms with Crippen molar-refractivity contribution in [1.82, 2.24) is 0 Å². The number of phosphoric acid groups is 1. The lowest BCUT2D eigenvalue weighted by atomic mass is 10.0. The van der Waals surface area contributed by atoms with E-state index in [1.165, 1.54) is 18.2 Å². The summed E-state index contributed by atoms with van der Waals surface area (Å²) in [5, 5.41) is 10.8. The zero-order valence-corrected chi connectivity index (χ0v) is 15.8. The van der Waals surface area contributed by atoms with Crippen LogP contribution in [0.3, 0.4) is 0 Å². The summed E-state index contributed by atoms with van der Waals surface area (Å²) in [4.78, 5) is 10.3. The number of nitro groups is 1. The van der Waals surface area contributed by atoms with Crippen molar-refractivity contribution in [3.05, 3.63) is 33.9 Å². The summed E-state index contributed by atoms with van der Waals surface area (Å²) in [6.45, 7) is 3.35. The van der Waals surface area contributed by atoms with Gasteiger partial charge in [0.25, 0.3) is 5.69 Å². The van der Waals surface area contributed by atoms with Gasteiger partial charge in [-0.15, -0.1) is 0 Å². The molecule has 4 atom stereocenters. The van der Waals surface area contributed by atoms with Crippen LogP contribution in [0.15, 0.2) is 18.2 Å². The summed E-state index contributed by atoms with van der Waals surface area (Å²) < 4.78 is 33.0. The topological polar surface area (TPSA) is 97.1 Å². The van der Waals surface area contributed by atoms with Gasteiger partial charge in [0.15, 0.2) is 0 Å². The molecule has 0 radical (unpaired) electrons. The van der Waals surface area contributed by atoms with Crippen LogP contribution in [-0.2, 0) is 25.0 Å². The summed E-state index contributed by atoms with van der Waals surface area (Å²) in [6.07, 6.45) is -0.879. The monoisotopic (exact) mass is 411 g/mol. The number of hydrogen-bond acceptors (Lipinski definition) is 7. The Kier molecular flexibility index (Phi) is 5.05. The fourth-order valence-corrected chi connectivity index (χ4v) is 4.29. The summed E-state index contributed by atoms with van der Waals surface area (Å²) in [5.74, 6) is -0.0323. The number of benzene rings is 1. The Morgan fingerprint density at radius 3 is 2.76 bits per heavy atom. The van der Waals surface area contributed by atoms with Crippen LogP contribution in [0.1, 0.15) is 19.4 Å². The summed E-state index contributed by atoms with van der Waals surface area (Å²) in [5.41, 5.74) is 0.315. The zero-order chi connectivity index (χ0) is 18.4. The quantitative estimate of drug-likeness (QED) is 0.316. The molecule has 11 heteroatoms. The molecule has 2 aliphatic rings. The van der Waals surface area contributed by atoms with Crippen molar-refractivity contribution in [2.45, 2.75) is 37.0 Å². The van der Waals surface area contributed by atoms with Crippen molar-refractivity contribution in [2.75, 3.05) is 6.61 Å². The Labute approximate surface area is 154 Å². The lowest BCUT2D eigenvalue weighted by molar-refractivity contribution is -0.385. The van der Waals surface area contributed by atoms with E-state index in [0.717, 1.165) is 0 Å². The largest absolute Gasteiger partial charge is 0.530 e. The summed E-state index contributed by atoms with van der Waals surface area (Å²) >= 11 is 12.5. The number of non-ortho nitro benzene ring substituents is 1. The number of alkyl halides is 2. The van der Waals surface area contributed by atoms with Crippen LogP contribution in [0.2, 0.25) is 0 Å². The van der Waals surface area contributed by atoms with Crippen LogP contribution in [0.4, 0.5) is 5.69 Å². The van der Waals surface area contributed by atoms with E-state index in [1.807, 2.05) is 6.92 Å². The molecule has 2 heterocycles. The van der Waals surface area contributed by atoms with E-state index in [-0.39, 0.29) is 30.6 Å². The van der Waals surface area contributed by atoms with Crippen LogP contribution < -0.4 is 4.52 Å². The molecule has 138 valence electrons. The van der Waals surface area contributed by atoms with E-state index in [9.17, 15) is 14.7 Å². The van der Waals surface area contributed by atoms with Gasteiger partial charge in [0.05, 0.1) is 30.3 Å². The van der Waals surface area contributed by atoms with E-state index in [1.54, 1.807) is 6.92 Å². The van der Waals surface area contributed by atoms with Crippen molar-refractivity contribution in [3.8, 4) is 5.75 Å². The summed E-state index contributed by atoms with van der Waals surface area (Å²) in [7, 11) is -3.86. The third-order valence-electron chi connectivity index (χ3n) is 4.33. The van der Waals surface area contributed by atoms with Gasteiger partial charge in [-0.1, -0.05) is 30.1 Å². The molecule has 3 rings (SSSR count). The van der Waals surface area contributed by atoms with Crippen molar-refractivity contribution >= 4 is 36.7 Å². The second kappa shape index (κ2) is 6.68. The first kappa shape index (κ1) is 18.9. The number of hydrogen-bond donors (Lipinski definition) is 0. The minimum absolute atomic E-state index is 0.0771. The molecule has 1 fully saturated rings. The molecule has 0 aromatic heterocycles. The minimum atomic E-state index is -3.86. The maximum Gasteiger partial charge on any atom is 0.530 e. The van der Waals surface area contributed by atoms with Gasteiger partial charge < -0.3 is 9.26 Å². The number of rotatable bonds is 4. The zero-order valence-electron chi connectivity index (χ0n) is 13.4. The normalized spacial score (nSPS) is 33.5. The average molecular weight is 412 g/mol. The number of nitrogens with zero attached hydrogens (tertiary/aromatic N) is 1. The van der Waals surface area contributed by atoms with E-state index in [0.29, 0.717) is 5.56 Å². The van der Waals surface area contributed by atoms with E-state index in [4.69, 9.17) is 41.5 Å². The van der Waals surface area contributed by atoms with Gasteiger partial charge >= 0.3 is 7.82 Å². The number of fused-ring (bicyclic) bond motifs is 1. The van der Waals surface area contributed by atoms with Crippen molar-refractivity contribution in [1.29, 1.82) is 0 Å². The smallest absolute Gasteiger partial charge is 0.404 e. The Bertz CT molecular complexity index is 744. The average Bonchev–Trinajstić information content (AvgIpc) is 2.75. The number of nitro benzene ring substituents is 1. The lowest BCUT2D eigenvalue weighted by Gasteiger charge is -2.26. The third-order valence-corrected chi connectivity index (χ3v) is 6.96. The van der Waals surface area contributed by atoms with Gasteiger partial charge in [0, 0.05) is 23.6 Å². The third kappa shape index (κ3) is 3.65. The van der Waals surface area contributed by atoms with Crippen LogP contribution in [0.25, 0.3) is 0 Å². The predicted octanol–water partition coefficient (Wildman–Crippen LogP) is 4.23. The van der Waals surface area contributed by atoms with E-state index >= 15 is 0 Å². The van der Waals surface area contributed by atoms with Gasteiger partial charge in [-0.2, -0.15) is 0 Å². The maximum atomic E-state index is 12.6. The second-order valence-electron chi connectivity index (χ2n) is 5.94. The molecule has 0 saturated carbocycles. The van der Waals surface area contributed by atoms with E-state index in [2.05, 4.69) is 0 Å². The number of phosphoric ester groups is 1. The molecule has 1 saturated heterocycles. The van der Waals surface area contributed by atoms with Crippen LogP contribution in [0, 0.1) is 16.0 Å². The lowest BCUT2D eigenvalue weighted by Crippen LogP contribution is -2.30. The predicted molar refractivity (Wildman–Crippen MR) is 90.0 cm³/mol. The summed E-state index contributed by atoms with van der Waals surface area (Å²) in [6, 6.07) is 3.93. The fourth-order valence-electron chi connectivity index (χ4n) is 2.68. The van der Waals surface area contributed by atoms with Crippen molar-refractivity contribution < 1.29 is 27.8 Å². The molecule has 1 aromatic carbocycles. The molecule has 1 aromatic rings. The first-order chi connectivity index (χ1) is 11.6. The van der Waals surface area contributed by atoms with Gasteiger partial charge in [-0.3, -0.25) is 19.2 Å². The van der Waals surface area contributed by atoms with E-state index < -0.39 is 29.3 Å². The molecule has 0 N–H and O–H groups in total. The van der Waals surface area contributed by atoms with Gasteiger partial charge in [0.2, 0.25) is 0 Å². The molecule has 25 heavy (non-hydrogen) atoms. The second-order valence-corrected chi connectivity index (χ2v) is 8.97. The highest BCUT2D eigenvalue weighted by molar-refractivity contribution is 7.49. The SMILES string of the molecule is C[C@@H]1O[C@H](COP2(=O)OCc3cc([N+](=O)[O-])ccc3O2)[C@@H](C)C1(Cl)Cl. The van der Waals surface area contributed by atoms with Crippen molar-refractivity contribution in [3.63, 3.8) is 0 Å². The van der Waals surface area contributed by atoms with Gasteiger partial charge in [0.1, 0.15) is 10.1 Å². The molecule has 0 bridgehead atoms. The Hall–Kier alpha value is -0.890. The van der Waals surface area contributed by atoms with Gasteiger partial charge in [-0.25, -0.2) is 4.57 Å². The molecule has 0 amide bonds. The highest BCUT2D eigenvalue weighted by Gasteiger charge is 2.51. The Morgan fingerprint density at radius 2 is 2.16 bits per heavy atom. The highest BCUT2D eigenvalue weighted by Crippen LogP contribution is 2.55. The minimum Gasteiger partial charge on any atom is -0.404 e. The molecule has 0 spiro atoms.